The number of cyclic esters (lactones) is 1. The molecule has 0 saturated carbocycles. The third-order valence-electron chi connectivity index (χ3n) is 3.35. The van der Waals surface area contributed by atoms with Gasteiger partial charge in [-0.15, -0.1) is 0 Å². The van der Waals surface area contributed by atoms with Crippen LogP contribution in [0.1, 0.15) is 39.0 Å². The van der Waals surface area contributed by atoms with Gasteiger partial charge in [-0.2, -0.15) is 0 Å². The molecule has 0 aliphatic carbocycles. The van der Waals surface area contributed by atoms with E-state index in [-0.39, 0.29) is 36.6 Å². The summed E-state index contributed by atoms with van der Waals surface area (Å²) in [7, 11) is 1.32. The average Bonchev–Trinajstić information content (AvgIpc) is 2.48. The first kappa shape index (κ1) is 18.7. The van der Waals surface area contributed by atoms with Crippen molar-refractivity contribution in [2.45, 2.75) is 45.1 Å². The van der Waals surface area contributed by atoms with Gasteiger partial charge in [-0.05, 0) is 19.8 Å². The number of carbonyl (C=O) groups is 3. The Bertz CT molecular complexity index is 535. The lowest BCUT2D eigenvalue weighted by atomic mass is 9.98. The van der Waals surface area contributed by atoms with Gasteiger partial charge >= 0.3 is 11.9 Å². The van der Waals surface area contributed by atoms with Crippen LogP contribution in [-0.4, -0.2) is 36.0 Å². The molecule has 1 fully saturated rings. The minimum absolute atomic E-state index is 0.0857. The van der Waals surface area contributed by atoms with Gasteiger partial charge in [-0.3, -0.25) is 9.59 Å². The van der Waals surface area contributed by atoms with E-state index in [1.54, 1.807) is 19.1 Å². The number of ketones is 1. The van der Waals surface area contributed by atoms with E-state index in [9.17, 15) is 19.5 Å². The SMILES string of the molecule is C=C(C/C=C/CC(=O)OC)CC/C(O)=C1/C(=O)C[C@@H](C)OC1=O. The Kier molecular flexibility index (Phi) is 7.25. The van der Waals surface area contributed by atoms with Crippen molar-refractivity contribution in [3.8, 4) is 0 Å². The number of hydrogen-bond donors (Lipinski definition) is 1. The van der Waals surface area contributed by atoms with Crippen molar-refractivity contribution in [3.63, 3.8) is 0 Å². The van der Waals surface area contributed by atoms with Crippen LogP contribution >= 0.6 is 0 Å². The van der Waals surface area contributed by atoms with Crippen molar-refractivity contribution in [1.82, 2.24) is 0 Å². The van der Waals surface area contributed by atoms with Crippen LogP contribution in [0.25, 0.3) is 0 Å². The third kappa shape index (κ3) is 6.10. The van der Waals surface area contributed by atoms with Crippen LogP contribution in [0.5, 0.6) is 0 Å². The molecule has 0 amide bonds. The smallest absolute Gasteiger partial charge is 0.345 e. The monoisotopic (exact) mass is 322 g/mol. The number of Topliss-reactive ketones (excluding diaryl/α,β-unsaturated/α-hetero) is 1. The Morgan fingerprint density at radius 1 is 1.35 bits per heavy atom. The van der Waals surface area contributed by atoms with Gasteiger partial charge in [0, 0.05) is 12.8 Å². The summed E-state index contributed by atoms with van der Waals surface area (Å²) in [5, 5.41) is 9.96. The van der Waals surface area contributed by atoms with Gasteiger partial charge in [-0.1, -0.05) is 24.3 Å². The lowest BCUT2D eigenvalue weighted by molar-refractivity contribution is -0.150. The predicted molar refractivity (Wildman–Crippen MR) is 83.6 cm³/mol. The lowest BCUT2D eigenvalue weighted by Gasteiger charge is -2.20. The Morgan fingerprint density at radius 3 is 2.61 bits per heavy atom. The first-order chi connectivity index (χ1) is 10.8. The molecule has 1 saturated heterocycles. The first-order valence-electron chi connectivity index (χ1n) is 7.39. The second kappa shape index (κ2) is 8.92. The molecule has 0 spiro atoms. The van der Waals surface area contributed by atoms with Crippen LogP contribution in [0.4, 0.5) is 0 Å². The maximum absolute atomic E-state index is 11.8. The number of allylic oxidation sites excluding steroid dienone is 3. The minimum atomic E-state index is -0.769. The molecule has 0 aromatic heterocycles. The molecule has 6 heteroatoms. The summed E-state index contributed by atoms with van der Waals surface area (Å²) in [4.78, 5) is 34.4. The fourth-order valence-electron chi connectivity index (χ4n) is 2.07. The van der Waals surface area contributed by atoms with E-state index in [1.165, 1.54) is 7.11 Å². The van der Waals surface area contributed by atoms with E-state index in [1.807, 2.05) is 0 Å². The molecule has 1 heterocycles. The van der Waals surface area contributed by atoms with E-state index >= 15 is 0 Å². The van der Waals surface area contributed by atoms with Gasteiger partial charge in [0.25, 0.3) is 0 Å². The van der Waals surface area contributed by atoms with E-state index in [0.29, 0.717) is 12.8 Å². The largest absolute Gasteiger partial charge is 0.511 e. The standard InChI is InChI=1S/C17H22O6/c1-11(6-4-5-7-15(20)22-3)8-9-13(18)16-14(19)10-12(2)23-17(16)21/h4-5,12,18H,1,6-10H2,2-3H3/b5-4+,16-13+/t12-/m1/s1. The van der Waals surface area contributed by atoms with Crippen molar-refractivity contribution < 1.29 is 29.0 Å². The number of carbonyl (C=O) groups excluding carboxylic acids is 3. The van der Waals surface area contributed by atoms with E-state index in [0.717, 1.165) is 5.57 Å². The number of hydrogen-bond acceptors (Lipinski definition) is 6. The molecule has 6 nitrogen and oxygen atoms in total. The van der Waals surface area contributed by atoms with E-state index in [4.69, 9.17) is 4.74 Å². The Morgan fingerprint density at radius 2 is 2.00 bits per heavy atom. The molecule has 1 rings (SSSR count). The molecule has 1 aliphatic heterocycles. The first-order valence-corrected chi connectivity index (χ1v) is 7.39. The van der Waals surface area contributed by atoms with Gasteiger partial charge in [0.05, 0.1) is 13.5 Å². The molecule has 1 aliphatic rings. The van der Waals surface area contributed by atoms with Crippen molar-refractivity contribution >= 4 is 17.7 Å². The Balaban J connectivity index is 2.48. The lowest BCUT2D eigenvalue weighted by Crippen LogP contribution is -2.31. The highest BCUT2D eigenvalue weighted by Crippen LogP contribution is 2.22. The molecule has 23 heavy (non-hydrogen) atoms. The highest BCUT2D eigenvalue weighted by Gasteiger charge is 2.32. The summed E-state index contributed by atoms with van der Waals surface area (Å²) < 4.78 is 9.46. The maximum atomic E-state index is 11.8. The summed E-state index contributed by atoms with van der Waals surface area (Å²) in [6.45, 7) is 5.49. The number of aliphatic hydroxyl groups is 1. The summed E-state index contributed by atoms with van der Waals surface area (Å²) in [5.74, 6) is -1.74. The Labute approximate surface area is 135 Å². The molecular formula is C17H22O6. The van der Waals surface area contributed by atoms with Crippen molar-refractivity contribution in [2.75, 3.05) is 7.11 Å². The minimum Gasteiger partial charge on any atom is -0.511 e. The summed E-state index contributed by atoms with van der Waals surface area (Å²) in [5.41, 5.74) is 0.556. The second-order valence-corrected chi connectivity index (χ2v) is 5.37. The van der Waals surface area contributed by atoms with Gasteiger partial charge in [0.1, 0.15) is 17.4 Å². The van der Waals surface area contributed by atoms with Gasteiger partial charge in [0.15, 0.2) is 5.78 Å². The molecule has 0 aromatic rings. The number of aliphatic hydroxyl groups excluding tert-OH is 1. The topological polar surface area (TPSA) is 89.9 Å². The third-order valence-corrected chi connectivity index (χ3v) is 3.35. The van der Waals surface area contributed by atoms with E-state index in [2.05, 4.69) is 11.3 Å². The van der Waals surface area contributed by atoms with Crippen LogP contribution in [0, 0.1) is 0 Å². The second-order valence-electron chi connectivity index (χ2n) is 5.37. The summed E-state index contributed by atoms with van der Waals surface area (Å²) in [6.07, 6.45) is 4.39. The van der Waals surface area contributed by atoms with Crippen LogP contribution in [0.15, 0.2) is 35.6 Å². The van der Waals surface area contributed by atoms with Crippen LogP contribution in [0.3, 0.4) is 0 Å². The molecule has 1 atom stereocenters. The fraction of sp³-hybridized carbons (Fsp3) is 0.471. The molecular weight excluding hydrogens is 300 g/mol. The van der Waals surface area contributed by atoms with E-state index < -0.39 is 17.9 Å². The zero-order valence-electron chi connectivity index (χ0n) is 13.5. The Hall–Kier alpha value is -2.37. The molecule has 1 N–H and O–H groups in total. The highest BCUT2D eigenvalue weighted by atomic mass is 16.5. The van der Waals surface area contributed by atoms with Crippen molar-refractivity contribution in [2.24, 2.45) is 0 Å². The summed E-state index contributed by atoms with van der Waals surface area (Å²) in [6, 6.07) is 0. The van der Waals surface area contributed by atoms with Crippen molar-refractivity contribution in [1.29, 1.82) is 0 Å². The summed E-state index contributed by atoms with van der Waals surface area (Å²) >= 11 is 0. The van der Waals surface area contributed by atoms with Crippen LogP contribution in [0.2, 0.25) is 0 Å². The zero-order valence-corrected chi connectivity index (χ0v) is 13.5. The molecule has 0 unspecified atom stereocenters. The highest BCUT2D eigenvalue weighted by molar-refractivity contribution is 6.19. The van der Waals surface area contributed by atoms with Gasteiger partial charge < -0.3 is 14.6 Å². The fourth-order valence-corrected chi connectivity index (χ4v) is 2.07. The number of rotatable bonds is 7. The number of ether oxygens (including phenoxy) is 2. The van der Waals surface area contributed by atoms with Crippen LogP contribution in [-0.2, 0) is 23.9 Å². The quantitative estimate of drug-likeness (QED) is 0.255. The molecule has 0 radical (unpaired) electrons. The van der Waals surface area contributed by atoms with Crippen LogP contribution < -0.4 is 0 Å². The number of methoxy groups -OCH3 is 1. The molecule has 0 bridgehead atoms. The zero-order chi connectivity index (χ0) is 17.4. The van der Waals surface area contributed by atoms with Crippen molar-refractivity contribution in [3.05, 3.63) is 35.6 Å². The predicted octanol–water partition coefficient (Wildman–Crippen LogP) is 2.55. The normalized spacial score (nSPS) is 20.3. The number of esters is 2. The maximum Gasteiger partial charge on any atom is 0.345 e. The molecule has 126 valence electrons. The average molecular weight is 322 g/mol. The van der Waals surface area contributed by atoms with Gasteiger partial charge in [0.2, 0.25) is 0 Å². The molecule has 0 aromatic carbocycles. The van der Waals surface area contributed by atoms with Gasteiger partial charge in [-0.25, -0.2) is 4.79 Å².